The van der Waals surface area contributed by atoms with Crippen LogP contribution < -0.4 is 5.56 Å². The molecule has 6 nitrogen and oxygen atoms in total. The third-order valence-corrected chi connectivity index (χ3v) is 5.36. The Bertz CT molecular complexity index is 1470. The van der Waals surface area contributed by atoms with Crippen LogP contribution in [0.25, 0.3) is 28.3 Å². The summed E-state index contributed by atoms with van der Waals surface area (Å²) in [6.45, 7) is 1.96. The minimum atomic E-state index is -0.415. The molecule has 0 fully saturated rings. The van der Waals surface area contributed by atoms with Gasteiger partial charge in [0.2, 0.25) is 5.78 Å². The van der Waals surface area contributed by atoms with Crippen molar-refractivity contribution in [3.63, 3.8) is 0 Å². The van der Waals surface area contributed by atoms with Crippen LogP contribution in [0.1, 0.15) is 21.6 Å². The largest absolute Gasteiger partial charge is 0.294 e. The number of rotatable bonds is 5. The molecular weight excluding hydrogens is 400 g/mol. The van der Waals surface area contributed by atoms with Crippen molar-refractivity contribution in [2.45, 2.75) is 13.3 Å². The Kier molecular flexibility index (Phi) is 4.95. The Morgan fingerprint density at radius 1 is 0.875 bits per heavy atom. The summed E-state index contributed by atoms with van der Waals surface area (Å²) >= 11 is 0. The molecule has 0 saturated heterocycles. The molecule has 6 heteroatoms. The van der Waals surface area contributed by atoms with Gasteiger partial charge in [-0.15, -0.1) is 0 Å². The number of aromatic amines is 1. The second kappa shape index (κ2) is 8.07. The third kappa shape index (κ3) is 3.63. The maximum Gasteiger partial charge on any atom is 0.274 e. The van der Waals surface area contributed by atoms with Gasteiger partial charge in [-0.05, 0) is 6.92 Å². The van der Waals surface area contributed by atoms with E-state index in [0.29, 0.717) is 17.0 Å². The zero-order chi connectivity index (χ0) is 22.1. The number of benzene rings is 3. The summed E-state index contributed by atoms with van der Waals surface area (Å²) < 4.78 is 1.62. The van der Waals surface area contributed by atoms with E-state index in [-0.39, 0.29) is 17.9 Å². The van der Waals surface area contributed by atoms with Crippen LogP contribution in [-0.4, -0.2) is 25.4 Å². The van der Waals surface area contributed by atoms with Gasteiger partial charge >= 0.3 is 0 Å². The van der Waals surface area contributed by atoms with Crippen molar-refractivity contribution >= 4 is 11.6 Å². The highest BCUT2D eigenvalue weighted by molar-refractivity contribution is 5.97. The van der Waals surface area contributed by atoms with E-state index < -0.39 is 5.56 Å². The summed E-state index contributed by atoms with van der Waals surface area (Å²) in [7, 11) is 0. The normalized spacial score (nSPS) is 11.0. The van der Waals surface area contributed by atoms with E-state index in [2.05, 4.69) is 15.1 Å². The lowest BCUT2D eigenvalue weighted by atomic mass is 10.1. The standard InChI is InChI=1S/C26H20N4O2/c1-17-12-14-18(15-13-17)22(31)16-21-25(32)28-26-27-23(19-8-4-2-5-9-19)24(30(26)29-21)20-10-6-3-7-11-20/h2-15H,16H2,1H3,(H,27,28,32). The zero-order valence-corrected chi connectivity index (χ0v) is 17.4. The van der Waals surface area contributed by atoms with Gasteiger partial charge in [0.05, 0.1) is 6.42 Å². The average Bonchev–Trinajstić information content (AvgIpc) is 3.19. The zero-order valence-electron chi connectivity index (χ0n) is 17.4. The molecule has 0 spiro atoms. The molecule has 0 aliphatic carbocycles. The number of carbonyl (C=O) groups is 1. The van der Waals surface area contributed by atoms with Crippen molar-refractivity contribution in [1.29, 1.82) is 0 Å². The highest BCUT2D eigenvalue weighted by atomic mass is 16.1. The number of hydrogen-bond acceptors (Lipinski definition) is 4. The number of nitrogens with one attached hydrogen (secondary N) is 1. The summed E-state index contributed by atoms with van der Waals surface area (Å²) in [6, 6.07) is 26.8. The molecule has 0 amide bonds. The minimum absolute atomic E-state index is 0.0958. The average molecular weight is 420 g/mol. The molecule has 156 valence electrons. The number of carbonyl (C=O) groups excluding carboxylic acids is 1. The van der Waals surface area contributed by atoms with Gasteiger partial charge in [0.1, 0.15) is 17.1 Å². The predicted octanol–water partition coefficient (Wildman–Crippen LogP) is 4.49. The summed E-state index contributed by atoms with van der Waals surface area (Å²) in [4.78, 5) is 33.0. The molecule has 2 heterocycles. The number of imidazole rings is 1. The molecule has 2 aromatic heterocycles. The number of aromatic nitrogens is 4. The van der Waals surface area contributed by atoms with Crippen molar-refractivity contribution in [1.82, 2.24) is 19.6 Å². The fourth-order valence-electron chi connectivity index (χ4n) is 3.69. The van der Waals surface area contributed by atoms with Gasteiger partial charge < -0.3 is 0 Å². The van der Waals surface area contributed by atoms with Gasteiger partial charge in [-0.3, -0.25) is 14.6 Å². The molecular formula is C26H20N4O2. The van der Waals surface area contributed by atoms with E-state index in [1.54, 1.807) is 16.6 Å². The van der Waals surface area contributed by atoms with Gasteiger partial charge in [0, 0.05) is 16.7 Å². The fourth-order valence-corrected chi connectivity index (χ4v) is 3.69. The Labute approximate surface area is 184 Å². The van der Waals surface area contributed by atoms with E-state index in [4.69, 9.17) is 0 Å². The van der Waals surface area contributed by atoms with Gasteiger partial charge in [-0.2, -0.15) is 9.61 Å². The number of Topliss-reactive ketones (excluding diaryl/α,β-unsaturated/α-hetero) is 1. The van der Waals surface area contributed by atoms with Gasteiger partial charge in [-0.1, -0.05) is 90.5 Å². The van der Waals surface area contributed by atoms with Crippen LogP contribution in [0.2, 0.25) is 0 Å². The molecule has 0 saturated carbocycles. The van der Waals surface area contributed by atoms with Crippen LogP contribution in [-0.2, 0) is 6.42 Å². The summed E-state index contributed by atoms with van der Waals surface area (Å²) in [5.41, 5.74) is 4.65. The number of ketones is 1. The molecule has 32 heavy (non-hydrogen) atoms. The topological polar surface area (TPSA) is 80.1 Å². The maximum absolute atomic E-state index is 12.8. The van der Waals surface area contributed by atoms with Crippen LogP contribution in [0, 0.1) is 6.92 Å². The number of hydrogen-bond donors (Lipinski definition) is 1. The van der Waals surface area contributed by atoms with Crippen molar-refractivity contribution in [2.24, 2.45) is 0 Å². The maximum atomic E-state index is 12.8. The van der Waals surface area contributed by atoms with E-state index in [1.807, 2.05) is 79.7 Å². The number of aryl methyl sites for hydroxylation is 1. The highest BCUT2D eigenvalue weighted by Crippen LogP contribution is 2.31. The Balaban J connectivity index is 1.66. The van der Waals surface area contributed by atoms with Crippen LogP contribution in [0.15, 0.2) is 89.7 Å². The van der Waals surface area contributed by atoms with Gasteiger partial charge in [-0.25, -0.2) is 4.98 Å². The van der Waals surface area contributed by atoms with Crippen LogP contribution in [0.4, 0.5) is 0 Å². The lowest BCUT2D eigenvalue weighted by Gasteiger charge is -2.06. The molecule has 5 rings (SSSR count). The second-order valence-electron chi connectivity index (χ2n) is 7.64. The van der Waals surface area contributed by atoms with E-state index in [9.17, 15) is 9.59 Å². The van der Waals surface area contributed by atoms with Crippen LogP contribution in [0.3, 0.4) is 0 Å². The molecule has 0 aliphatic rings. The summed E-state index contributed by atoms with van der Waals surface area (Å²) in [6.07, 6.45) is -0.0958. The monoisotopic (exact) mass is 420 g/mol. The Morgan fingerprint density at radius 2 is 1.50 bits per heavy atom. The number of nitrogens with zero attached hydrogens (tertiary/aromatic N) is 3. The third-order valence-electron chi connectivity index (χ3n) is 5.36. The number of fused-ring (bicyclic) bond motifs is 1. The van der Waals surface area contributed by atoms with Crippen LogP contribution >= 0.6 is 0 Å². The van der Waals surface area contributed by atoms with Crippen molar-refractivity contribution in [2.75, 3.05) is 0 Å². The first-order valence-corrected chi connectivity index (χ1v) is 10.3. The van der Waals surface area contributed by atoms with Gasteiger partial charge in [0.15, 0.2) is 5.78 Å². The van der Waals surface area contributed by atoms with Crippen LogP contribution in [0.5, 0.6) is 0 Å². The quantitative estimate of drug-likeness (QED) is 0.425. The first-order chi connectivity index (χ1) is 15.6. The molecule has 1 N–H and O–H groups in total. The molecule has 5 aromatic rings. The molecule has 0 aliphatic heterocycles. The molecule has 0 radical (unpaired) electrons. The fraction of sp³-hybridized carbons (Fsp3) is 0.0769. The first kappa shape index (κ1) is 19.6. The SMILES string of the molecule is Cc1ccc(C(=O)Cc2nn3c(-c4ccccc4)c(-c4ccccc4)nc3[nH]c2=O)cc1. The smallest absolute Gasteiger partial charge is 0.274 e. The number of H-pyrrole nitrogens is 1. The Morgan fingerprint density at radius 3 is 2.16 bits per heavy atom. The lowest BCUT2D eigenvalue weighted by Crippen LogP contribution is -2.21. The van der Waals surface area contributed by atoms with Crippen molar-refractivity contribution in [3.8, 4) is 22.5 Å². The molecule has 0 bridgehead atoms. The van der Waals surface area contributed by atoms with E-state index in [0.717, 1.165) is 22.4 Å². The first-order valence-electron chi connectivity index (χ1n) is 10.3. The van der Waals surface area contributed by atoms with Gasteiger partial charge in [0.25, 0.3) is 5.56 Å². The van der Waals surface area contributed by atoms with E-state index in [1.165, 1.54) is 0 Å². The lowest BCUT2D eigenvalue weighted by molar-refractivity contribution is 0.0991. The molecule has 0 atom stereocenters. The molecule has 3 aromatic carbocycles. The highest BCUT2D eigenvalue weighted by Gasteiger charge is 2.20. The second-order valence-corrected chi connectivity index (χ2v) is 7.64. The van der Waals surface area contributed by atoms with Crippen molar-refractivity contribution in [3.05, 3.63) is 112 Å². The summed E-state index contributed by atoms with van der Waals surface area (Å²) in [5, 5.41) is 4.57. The summed E-state index contributed by atoms with van der Waals surface area (Å²) in [5.74, 6) is 0.172. The minimum Gasteiger partial charge on any atom is -0.294 e. The predicted molar refractivity (Wildman–Crippen MR) is 124 cm³/mol. The molecule has 0 unspecified atom stereocenters. The Hall–Kier alpha value is -4.32. The van der Waals surface area contributed by atoms with E-state index >= 15 is 0 Å². The van der Waals surface area contributed by atoms with Crippen molar-refractivity contribution < 1.29 is 4.79 Å².